The average Bonchev–Trinajstić information content (AvgIpc) is 2.48. The van der Waals surface area contributed by atoms with Gasteiger partial charge in [0.05, 0.1) is 12.7 Å². The predicted molar refractivity (Wildman–Crippen MR) is 74.9 cm³/mol. The van der Waals surface area contributed by atoms with E-state index in [0.29, 0.717) is 11.3 Å². The number of nitrogens with zero attached hydrogens (tertiary/aromatic N) is 2. The molecular formula is C12H14N6O2. The number of methoxy groups -OCH3 is 1. The highest BCUT2D eigenvalue weighted by Crippen LogP contribution is 2.19. The SMILES string of the molecule is COc1ccccc1C(=O)NNc1ncnc(N)c1N. The number of aromatic nitrogens is 2. The molecule has 0 saturated heterocycles. The van der Waals surface area contributed by atoms with Crippen molar-refractivity contribution >= 4 is 23.2 Å². The quantitative estimate of drug-likeness (QED) is 0.594. The number of nitrogens with two attached hydrogens (primary N) is 2. The van der Waals surface area contributed by atoms with Crippen molar-refractivity contribution in [3.05, 3.63) is 36.2 Å². The second-order valence-corrected chi connectivity index (χ2v) is 3.80. The lowest BCUT2D eigenvalue weighted by molar-refractivity contribution is 0.0959. The Morgan fingerprint density at radius 1 is 1.25 bits per heavy atom. The number of carbonyl (C=O) groups is 1. The molecule has 8 heteroatoms. The van der Waals surface area contributed by atoms with Gasteiger partial charge in [-0.25, -0.2) is 9.97 Å². The minimum Gasteiger partial charge on any atom is -0.496 e. The Bertz CT molecular complexity index is 631. The van der Waals surface area contributed by atoms with Crippen molar-refractivity contribution in [2.45, 2.75) is 0 Å². The molecule has 0 aliphatic heterocycles. The minimum atomic E-state index is -0.390. The maximum Gasteiger partial charge on any atom is 0.273 e. The van der Waals surface area contributed by atoms with E-state index in [-0.39, 0.29) is 23.2 Å². The number of anilines is 3. The minimum absolute atomic E-state index is 0.133. The monoisotopic (exact) mass is 274 g/mol. The first kappa shape index (κ1) is 13.4. The summed E-state index contributed by atoms with van der Waals surface area (Å²) >= 11 is 0. The third-order valence-electron chi connectivity index (χ3n) is 2.56. The molecule has 0 aliphatic rings. The standard InChI is InChI=1S/C12H14N6O2/c1-20-8-5-3-2-4-7(8)12(19)18-17-11-9(13)10(14)15-6-16-11/h2-6H,13H2,1H3,(H,18,19)(H3,14,15,16,17). The van der Waals surface area contributed by atoms with Gasteiger partial charge in [-0.15, -0.1) is 0 Å². The lowest BCUT2D eigenvalue weighted by Crippen LogP contribution is -2.30. The highest BCUT2D eigenvalue weighted by Gasteiger charge is 2.12. The summed E-state index contributed by atoms with van der Waals surface area (Å²) in [5.41, 5.74) is 16.8. The smallest absolute Gasteiger partial charge is 0.273 e. The highest BCUT2D eigenvalue weighted by atomic mass is 16.5. The topological polar surface area (TPSA) is 128 Å². The first-order valence-corrected chi connectivity index (χ1v) is 5.68. The van der Waals surface area contributed by atoms with Crippen molar-refractivity contribution < 1.29 is 9.53 Å². The summed E-state index contributed by atoms with van der Waals surface area (Å²) in [5.74, 6) is 0.427. The predicted octanol–water partition coefficient (Wildman–Crippen LogP) is 0.406. The molecule has 1 amide bonds. The largest absolute Gasteiger partial charge is 0.496 e. The van der Waals surface area contributed by atoms with Crippen LogP contribution in [0.1, 0.15) is 10.4 Å². The molecule has 2 aromatic rings. The van der Waals surface area contributed by atoms with E-state index in [4.69, 9.17) is 16.2 Å². The van der Waals surface area contributed by atoms with Crippen LogP contribution in [-0.4, -0.2) is 23.0 Å². The molecule has 0 saturated carbocycles. The van der Waals surface area contributed by atoms with Crippen LogP contribution >= 0.6 is 0 Å². The Hall–Kier alpha value is -3.03. The Kier molecular flexibility index (Phi) is 3.85. The van der Waals surface area contributed by atoms with Crippen LogP contribution in [0.15, 0.2) is 30.6 Å². The molecule has 0 aliphatic carbocycles. The number of rotatable bonds is 4. The summed E-state index contributed by atoms with van der Waals surface area (Å²) in [6.45, 7) is 0. The fourth-order valence-corrected chi connectivity index (χ4v) is 1.52. The van der Waals surface area contributed by atoms with Crippen molar-refractivity contribution in [2.75, 3.05) is 24.0 Å². The van der Waals surface area contributed by atoms with Gasteiger partial charge in [0.2, 0.25) is 0 Å². The van der Waals surface area contributed by atoms with Gasteiger partial charge in [0, 0.05) is 0 Å². The molecule has 0 fully saturated rings. The van der Waals surface area contributed by atoms with E-state index < -0.39 is 0 Å². The molecular weight excluding hydrogens is 260 g/mol. The zero-order valence-electron chi connectivity index (χ0n) is 10.8. The zero-order valence-corrected chi connectivity index (χ0v) is 10.8. The van der Waals surface area contributed by atoms with E-state index in [2.05, 4.69) is 20.8 Å². The summed E-state index contributed by atoms with van der Waals surface area (Å²) in [5, 5.41) is 0. The fourth-order valence-electron chi connectivity index (χ4n) is 1.52. The van der Waals surface area contributed by atoms with Crippen molar-refractivity contribution in [3.8, 4) is 5.75 Å². The van der Waals surface area contributed by atoms with Crippen LogP contribution in [0, 0.1) is 0 Å². The zero-order chi connectivity index (χ0) is 14.5. The maximum absolute atomic E-state index is 12.0. The van der Waals surface area contributed by atoms with Gasteiger partial charge < -0.3 is 16.2 Å². The normalized spacial score (nSPS) is 9.85. The molecule has 0 spiro atoms. The van der Waals surface area contributed by atoms with E-state index in [1.54, 1.807) is 24.3 Å². The van der Waals surface area contributed by atoms with E-state index in [0.717, 1.165) is 0 Å². The summed E-state index contributed by atoms with van der Waals surface area (Å²) < 4.78 is 5.10. The van der Waals surface area contributed by atoms with Crippen LogP contribution in [-0.2, 0) is 0 Å². The summed E-state index contributed by atoms with van der Waals surface area (Å²) in [6, 6.07) is 6.82. The van der Waals surface area contributed by atoms with Crippen LogP contribution < -0.4 is 27.1 Å². The van der Waals surface area contributed by atoms with Crippen LogP contribution in [0.3, 0.4) is 0 Å². The summed E-state index contributed by atoms with van der Waals surface area (Å²) in [6.07, 6.45) is 1.24. The van der Waals surface area contributed by atoms with Gasteiger partial charge in [-0.3, -0.25) is 15.6 Å². The lowest BCUT2D eigenvalue weighted by atomic mass is 10.2. The van der Waals surface area contributed by atoms with Gasteiger partial charge in [0.25, 0.3) is 5.91 Å². The molecule has 0 radical (unpaired) electrons. The number of hydrogen-bond donors (Lipinski definition) is 4. The van der Waals surface area contributed by atoms with Crippen molar-refractivity contribution in [2.24, 2.45) is 0 Å². The summed E-state index contributed by atoms with van der Waals surface area (Å²) in [4.78, 5) is 19.6. The van der Waals surface area contributed by atoms with Crippen LogP contribution in [0.25, 0.3) is 0 Å². The highest BCUT2D eigenvalue weighted by molar-refractivity contribution is 5.97. The number of nitrogen functional groups attached to an aromatic ring is 2. The van der Waals surface area contributed by atoms with Gasteiger partial charge in [0.15, 0.2) is 11.6 Å². The summed E-state index contributed by atoms with van der Waals surface area (Å²) in [7, 11) is 1.49. The molecule has 8 nitrogen and oxygen atoms in total. The fraction of sp³-hybridized carbons (Fsp3) is 0.0833. The first-order chi connectivity index (χ1) is 9.63. The molecule has 20 heavy (non-hydrogen) atoms. The van der Waals surface area contributed by atoms with E-state index in [9.17, 15) is 4.79 Å². The molecule has 1 heterocycles. The van der Waals surface area contributed by atoms with Crippen LogP contribution in [0.4, 0.5) is 17.3 Å². The number of hydrazine groups is 1. The van der Waals surface area contributed by atoms with Gasteiger partial charge in [-0.1, -0.05) is 12.1 Å². The Morgan fingerprint density at radius 2 is 2.00 bits per heavy atom. The van der Waals surface area contributed by atoms with Crippen LogP contribution in [0.5, 0.6) is 5.75 Å². The second-order valence-electron chi connectivity index (χ2n) is 3.80. The molecule has 2 rings (SSSR count). The average molecular weight is 274 g/mol. The Balaban J connectivity index is 2.11. The number of benzene rings is 1. The van der Waals surface area contributed by atoms with E-state index >= 15 is 0 Å². The number of para-hydroxylation sites is 1. The molecule has 1 aromatic heterocycles. The maximum atomic E-state index is 12.0. The Labute approximate surface area is 115 Å². The third-order valence-corrected chi connectivity index (χ3v) is 2.56. The molecule has 0 bridgehead atoms. The van der Waals surface area contributed by atoms with Gasteiger partial charge in [0.1, 0.15) is 17.8 Å². The van der Waals surface area contributed by atoms with Crippen LogP contribution in [0.2, 0.25) is 0 Å². The number of nitrogens with one attached hydrogen (secondary N) is 2. The van der Waals surface area contributed by atoms with Gasteiger partial charge in [-0.05, 0) is 12.1 Å². The molecule has 0 unspecified atom stereocenters. The first-order valence-electron chi connectivity index (χ1n) is 5.68. The number of ether oxygens (including phenoxy) is 1. The van der Waals surface area contributed by atoms with Gasteiger partial charge >= 0.3 is 0 Å². The lowest BCUT2D eigenvalue weighted by Gasteiger charge is -2.12. The number of amides is 1. The van der Waals surface area contributed by atoms with E-state index in [1.165, 1.54) is 13.4 Å². The Morgan fingerprint density at radius 3 is 2.75 bits per heavy atom. The van der Waals surface area contributed by atoms with Crippen molar-refractivity contribution in [1.82, 2.24) is 15.4 Å². The number of carbonyl (C=O) groups excluding carboxylic acids is 1. The number of hydrogen-bond acceptors (Lipinski definition) is 7. The molecule has 6 N–H and O–H groups in total. The second kappa shape index (κ2) is 5.74. The molecule has 1 aromatic carbocycles. The third kappa shape index (κ3) is 2.69. The molecule has 104 valence electrons. The van der Waals surface area contributed by atoms with Crippen molar-refractivity contribution in [1.29, 1.82) is 0 Å². The van der Waals surface area contributed by atoms with Crippen molar-refractivity contribution in [3.63, 3.8) is 0 Å². The molecule has 0 atom stereocenters. The van der Waals surface area contributed by atoms with E-state index in [1.807, 2.05) is 0 Å². The van der Waals surface area contributed by atoms with Gasteiger partial charge in [-0.2, -0.15) is 0 Å².